The van der Waals surface area contributed by atoms with Crippen LogP contribution in [0.4, 0.5) is 0 Å². The summed E-state index contributed by atoms with van der Waals surface area (Å²) in [4.78, 5) is 2.68. The first kappa shape index (κ1) is 28.5. The highest BCUT2D eigenvalue weighted by Gasteiger charge is 2.21. The van der Waals surface area contributed by atoms with Gasteiger partial charge in [0, 0.05) is 56.6 Å². The van der Waals surface area contributed by atoms with Crippen LogP contribution in [0.2, 0.25) is 39.3 Å². The van der Waals surface area contributed by atoms with Gasteiger partial charge in [0.05, 0.1) is 26.4 Å². The van der Waals surface area contributed by atoms with Gasteiger partial charge in [-0.2, -0.15) is 0 Å². The van der Waals surface area contributed by atoms with Crippen LogP contribution < -0.4 is 0 Å². The van der Waals surface area contributed by atoms with Crippen molar-refractivity contribution in [3.05, 3.63) is 0 Å². The van der Waals surface area contributed by atoms with Crippen LogP contribution in [0.3, 0.4) is 0 Å². The van der Waals surface area contributed by atoms with Crippen molar-refractivity contribution in [2.45, 2.75) is 96.5 Å². The van der Waals surface area contributed by atoms with Crippen LogP contribution in [0, 0.1) is 0 Å². The van der Waals surface area contributed by atoms with E-state index in [-0.39, 0.29) is 0 Å². The van der Waals surface area contributed by atoms with Gasteiger partial charge in [-0.1, -0.05) is 39.3 Å². The monoisotopic (exact) mass is 449 g/mol. The molecule has 4 nitrogen and oxygen atoms in total. The van der Waals surface area contributed by atoms with Gasteiger partial charge < -0.3 is 19.1 Å². The number of nitrogens with zero attached hydrogens (tertiary/aromatic N) is 1. The molecule has 0 spiro atoms. The second-order valence-corrected chi connectivity index (χ2v) is 18.6. The molecule has 0 aromatic heterocycles. The van der Waals surface area contributed by atoms with Crippen molar-refractivity contribution < 1.29 is 14.2 Å². The molecule has 0 aliphatic carbocycles. The molecule has 0 saturated carbocycles. The zero-order chi connectivity index (χ0) is 21.5. The van der Waals surface area contributed by atoms with Crippen molar-refractivity contribution >= 4 is 26.4 Å². The Labute approximate surface area is 181 Å². The fourth-order valence-electron chi connectivity index (χ4n) is 3.73. The first-order valence-corrected chi connectivity index (χ1v) is 20.8. The summed E-state index contributed by atoms with van der Waals surface area (Å²) in [5, 5.41) is 0. The molecule has 0 N–H and O–H groups in total. The number of ether oxygens (including phenoxy) is 3. The molecule has 28 heavy (non-hydrogen) atoms. The molecular weight excluding hydrogens is 398 g/mol. The lowest BCUT2D eigenvalue weighted by Gasteiger charge is -2.30. The molecule has 3 atom stereocenters. The van der Waals surface area contributed by atoms with Gasteiger partial charge in [-0.25, -0.2) is 0 Å². The Morgan fingerprint density at radius 2 is 0.786 bits per heavy atom. The van der Waals surface area contributed by atoms with E-state index >= 15 is 0 Å². The molecule has 0 aliphatic rings. The predicted octanol–water partition coefficient (Wildman–Crippen LogP) is 3.75. The Morgan fingerprint density at radius 3 is 0.964 bits per heavy atom. The lowest BCUT2D eigenvalue weighted by atomic mass is 10.3. The molecule has 0 aliphatic heterocycles. The first-order valence-electron chi connectivity index (χ1n) is 11.8. The number of rotatable bonds is 18. The van der Waals surface area contributed by atoms with Gasteiger partial charge in [0.25, 0.3) is 0 Å². The van der Waals surface area contributed by atoms with Crippen molar-refractivity contribution in [1.29, 1.82) is 0 Å². The summed E-state index contributed by atoms with van der Waals surface area (Å²) in [5.74, 6) is 0. The maximum absolute atomic E-state index is 6.06. The molecule has 0 fully saturated rings. The predicted molar refractivity (Wildman–Crippen MR) is 133 cm³/mol. The maximum atomic E-state index is 6.06. The molecular formula is C21H51NO3Si3. The van der Waals surface area contributed by atoms with Crippen LogP contribution >= 0.6 is 0 Å². The first-order chi connectivity index (χ1) is 13.3. The third-order valence-corrected chi connectivity index (χ3v) is 11.6. The summed E-state index contributed by atoms with van der Waals surface area (Å²) in [6.45, 7) is 26.8. The van der Waals surface area contributed by atoms with Crippen LogP contribution in [0.5, 0.6) is 0 Å². The van der Waals surface area contributed by atoms with Crippen LogP contribution in [-0.4, -0.2) is 87.9 Å². The van der Waals surface area contributed by atoms with Gasteiger partial charge in [0.15, 0.2) is 0 Å². The maximum Gasteiger partial charge on any atom is 0.0656 e. The van der Waals surface area contributed by atoms with E-state index in [1.54, 1.807) is 0 Å². The highest BCUT2D eigenvalue weighted by atomic mass is 28.3. The van der Waals surface area contributed by atoms with Crippen LogP contribution in [0.25, 0.3) is 0 Å². The van der Waals surface area contributed by atoms with Crippen LogP contribution in [0.15, 0.2) is 0 Å². The third-order valence-electron chi connectivity index (χ3n) is 5.56. The highest BCUT2D eigenvalue weighted by molar-refractivity contribution is 6.57. The molecule has 0 aromatic carbocycles. The molecule has 7 heteroatoms. The summed E-state index contributed by atoms with van der Waals surface area (Å²) in [7, 11) is -2.34. The fourth-order valence-corrected chi connectivity index (χ4v) is 7.91. The standard InChI is InChI=1S/C21H51NO3Si3/c1-10-23-19(26(4)5)13-16-22(17-14-20(24-11-2)27(6)7)18-15-21(25-12-3)28(8)9/h19-21,26-28H,10-18H2,1-9H3. The molecule has 0 saturated heterocycles. The lowest BCUT2D eigenvalue weighted by molar-refractivity contribution is 0.0733. The van der Waals surface area contributed by atoms with Crippen molar-refractivity contribution in [3.8, 4) is 0 Å². The van der Waals surface area contributed by atoms with E-state index in [9.17, 15) is 0 Å². The Kier molecular flexibility index (Phi) is 17.5. The van der Waals surface area contributed by atoms with Crippen molar-refractivity contribution in [2.75, 3.05) is 39.5 Å². The highest BCUT2D eigenvalue weighted by Crippen LogP contribution is 2.12. The lowest BCUT2D eigenvalue weighted by Crippen LogP contribution is -2.40. The Balaban J connectivity index is 4.87. The van der Waals surface area contributed by atoms with Gasteiger partial charge in [-0.15, -0.1) is 0 Å². The summed E-state index contributed by atoms with van der Waals surface area (Å²) in [5.41, 5.74) is 1.49. The minimum absolute atomic E-state index is 0.497. The second kappa shape index (κ2) is 17.2. The van der Waals surface area contributed by atoms with E-state index < -0.39 is 26.4 Å². The molecule has 3 unspecified atom stereocenters. The Bertz CT molecular complexity index is 307. The van der Waals surface area contributed by atoms with Gasteiger partial charge in [-0.05, 0) is 40.0 Å². The normalized spacial score (nSPS) is 15.8. The molecule has 0 bridgehead atoms. The molecule has 0 aromatic rings. The van der Waals surface area contributed by atoms with E-state index in [0.29, 0.717) is 17.2 Å². The molecule has 0 heterocycles. The summed E-state index contributed by atoms with van der Waals surface area (Å²) < 4.78 is 18.2. The third kappa shape index (κ3) is 12.9. The minimum atomic E-state index is -0.781. The smallest absolute Gasteiger partial charge is 0.0656 e. The van der Waals surface area contributed by atoms with Gasteiger partial charge >= 0.3 is 0 Å². The van der Waals surface area contributed by atoms with E-state index in [2.05, 4.69) is 65.0 Å². The molecule has 0 amide bonds. The molecule has 0 rings (SSSR count). The summed E-state index contributed by atoms with van der Waals surface area (Å²) in [6.07, 6.45) is 3.53. The van der Waals surface area contributed by atoms with Crippen molar-refractivity contribution in [2.24, 2.45) is 0 Å². The van der Waals surface area contributed by atoms with E-state index in [1.165, 1.54) is 19.3 Å². The molecule has 0 radical (unpaired) electrons. The minimum Gasteiger partial charge on any atom is -0.382 e. The second-order valence-electron chi connectivity index (χ2n) is 8.92. The summed E-state index contributed by atoms with van der Waals surface area (Å²) >= 11 is 0. The summed E-state index contributed by atoms with van der Waals surface area (Å²) in [6, 6.07) is 0. The van der Waals surface area contributed by atoms with Crippen LogP contribution in [-0.2, 0) is 14.2 Å². The van der Waals surface area contributed by atoms with Gasteiger partial charge in [0.2, 0.25) is 0 Å². The Morgan fingerprint density at radius 1 is 0.536 bits per heavy atom. The SMILES string of the molecule is CCOC(CCN(CCC(OCC)[SiH](C)C)CCC(OCC)[SiH](C)C)[SiH](C)C. The van der Waals surface area contributed by atoms with Crippen molar-refractivity contribution in [3.63, 3.8) is 0 Å². The van der Waals surface area contributed by atoms with Gasteiger partial charge in [-0.3, -0.25) is 0 Å². The zero-order valence-corrected chi connectivity index (χ0v) is 24.0. The average Bonchev–Trinajstić information content (AvgIpc) is 2.63. The van der Waals surface area contributed by atoms with E-state index in [4.69, 9.17) is 14.2 Å². The Hall–Kier alpha value is 0.491. The number of hydrogen-bond donors (Lipinski definition) is 0. The molecule has 170 valence electrons. The largest absolute Gasteiger partial charge is 0.382 e. The van der Waals surface area contributed by atoms with E-state index in [1.807, 2.05) is 0 Å². The van der Waals surface area contributed by atoms with E-state index in [0.717, 1.165) is 39.5 Å². The fraction of sp³-hybridized carbons (Fsp3) is 1.00. The van der Waals surface area contributed by atoms with Crippen molar-refractivity contribution in [1.82, 2.24) is 4.90 Å². The number of hydrogen-bond acceptors (Lipinski definition) is 4. The zero-order valence-electron chi connectivity index (χ0n) is 20.5. The average molecular weight is 450 g/mol. The van der Waals surface area contributed by atoms with Gasteiger partial charge in [0.1, 0.15) is 0 Å². The van der Waals surface area contributed by atoms with Crippen LogP contribution in [0.1, 0.15) is 40.0 Å². The quantitative estimate of drug-likeness (QED) is 0.298. The topological polar surface area (TPSA) is 30.9 Å².